The zero-order chi connectivity index (χ0) is 13.8. The van der Waals surface area contributed by atoms with Gasteiger partial charge in [-0.15, -0.1) is 0 Å². The minimum atomic E-state index is -2.56. The van der Waals surface area contributed by atoms with Crippen LogP contribution < -0.4 is 0 Å². The molecule has 1 N–H and O–H groups in total. The number of carbonyl (C=O) groups is 2. The Morgan fingerprint density at radius 3 is 2.28 bits per heavy atom. The average Bonchev–Trinajstić information content (AvgIpc) is 2.63. The van der Waals surface area contributed by atoms with Crippen molar-refractivity contribution in [1.82, 2.24) is 4.90 Å². The molecular weight excluding hydrogens is 244 g/mol. The molecule has 0 saturated heterocycles. The summed E-state index contributed by atoms with van der Waals surface area (Å²) in [4.78, 5) is 23.7. The first kappa shape index (κ1) is 14.9. The van der Waals surface area contributed by atoms with Crippen LogP contribution in [0, 0.1) is 5.41 Å². The van der Waals surface area contributed by atoms with Crippen molar-refractivity contribution in [2.45, 2.75) is 45.0 Å². The molecule has 6 heteroatoms. The van der Waals surface area contributed by atoms with E-state index in [1.165, 1.54) is 7.05 Å². The molecule has 0 aromatic heterocycles. The maximum absolute atomic E-state index is 12.2. The molecule has 1 aliphatic rings. The molecule has 0 aromatic rings. The standard InChI is InChI=1S/C12H19F2NO3/c1-15(8-9(13)14)10(16)6-12(7-11(17)18)4-2-3-5-12/h9H,2-8H2,1H3,(H,17,18). The van der Waals surface area contributed by atoms with Gasteiger partial charge in [0.1, 0.15) is 0 Å². The third-order valence-electron chi connectivity index (χ3n) is 3.55. The van der Waals surface area contributed by atoms with Gasteiger partial charge in [-0.1, -0.05) is 12.8 Å². The molecule has 0 bridgehead atoms. The van der Waals surface area contributed by atoms with E-state index < -0.39 is 30.3 Å². The predicted octanol–water partition coefficient (Wildman–Crippen LogP) is 2.14. The van der Waals surface area contributed by atoms with E-state index in [1.54, 1.807) is 0 Å². The largest absolute Gasteiger partial charge is 0.481 e. The normalized spacial score (nSPS) is 18.0. The first-order valence-corrected chi connectivity index (χ1v) is 6.08. The van der Waals surface area contributed by atoms with Gasteiger partial charge in [-0.25, -0.2) is 8.78 Å². The Morgan fingerprint density at radius 1 is 1.28 bits per heavy atom. The minimum Gasteiger partial charge on any atom is -0.481 e. The number of amides is 1. The molecule has 0 aliphatic heterocycles. The Morgan fingerprint density at radius 2 is 1.83 bits per heavy atom. The van der Waals surface area contributed by atoms with Crippen LogP contribution in [0.15, 0.2) is 0 Å². The number of carbonyl (C=O) groups excluding carboxylic acids is 1. The Kier molecular flexibility index (Phi) is 5.04. The summed E-state index contributed by atoms with van der Waals surface area (Å²) in [6.07, 6.45) is 0.626. The first-order chi connectivity index (χ1) is 8.34. The topological polar surface area (TPSA) is 57.6 Å². The number of carboxylic acids is 1. The van der Waals surface area contributed by atoms with E-state index in [4.69, 9.17) is 5.11 Å². The summed E-state index contributed by atoms with van der Waals surface area (Å²) in [5.41, 5.74) is -0.528. The Hall–Kier alpha value is -1.20. The molecule has 0 atom stereocenters. The minimum absolute atomic E-state index is 0.0543. The van der Waals surface area contributed by atoms with Crippen LogP contribution >= 0.6 is 0 Å². The molecular formula is C12H19F2NO3. The summed E-state index contributed by atoms with van der Waals surface area (Å²) in [5.74, 6) is -1.32. The third-order valence-corrected chi connectivity index (χ3v) is 3.55. The van der Waals surface area contributed by atoms with Crippen molar-refractivity contribution in [2.75, 3.05) is 13.6 Å². The lowest BCUT2D eigenvalue weighted by molar-refractivity contribution is -0.141. The van der Waals surface area contributed by atoms with Crippen LogP contribution in [-0.4, -0.2) is 41.9 Å². The van der Waals surface area contributed by atoms with Crippen molar-refractivity contribution >= 4 is 11.9 Å². The molecule has 0 heterocycles. The van der Waals surface area contributed by atoms with Crippen molar-refractivity contribution in [1.29, 1.82) is 0 Å². The second-order valence-electron chi connectivity index (χ2n) is 5.12. The number of halogens is 2. The summed E-state index contributed by atoms with van der Waals surface area (Å²) < 4.78 is 24.4. The van der Waals surface area contributed by atoms with Gasteiger partial charge >= 0.3 is 5.97 Å². The Balaban J connectivity index is 2.61. The third kappa shape index (κ3) is 4.23. The van der Waals surface area contributed by atoms with Crippen LogP contribution in [0.4, 0.5) is 8.78 Å². The lowest BCUT2D eigenvalue weighted by Crippen LogP contribution is -2.36. The van der Waals surface area contributed by atoms with Gasteiger partial charge in [0.15, 0.2) is 0 Å². The smallest absolute Gasteiger partial charge is 0.303 e. The van der Waals surface area contributed by atoms with Crippen molar-refractivity contribution in [3.8, 4) is 0 Å². The van der Waals surface area contributed by atoms with E-state index in [0.29, 0.717) is 12.8 Å². The van der Waals surface area contributed by atoms with Gasteiger partial charge in [0.2, 0.25) is 5.91 Å². The molecule has 0 unspecified atom stereocenters. The van der Waals surface area contributed by atoms with E-state index in [0.717, 1.165) is 17.7 Å². The lowest BCUT2D eigenvalue weighted by Gasteiger charge is -2.28. The number of hydrogen-bond donors (Lipinski definition) is 1. The Labute approximate surface area is 105 Å². The molecule has 1 fully saturated rings. The van der Waals surface area contributed by atoms with Gasteiger partial charge in [0, 0.05) is 13.5 Å². The van der Waals surface area contributed by atoms with Crippen LogP contribution in [0.1, 0.15) is 38.5 Å². The molecule has 0 aromatic carbocycles. The van der Waals surface area contributed by atoms with Gasteiger partial charge in [-0.2, -0.15) is 0 Å². The van der Waals surface area contributed by atoms with Crippen LogP contribution in [0.5, 0.6) is 0 Å². The summed E-state index contributed by atoms with van der Waals surface area (Å²) >= 11 is 0. The fourth-order valence-corrected chi connectivity index (χ4v) is 2.63. The molecule has 1 aliphatic carbocycles. The highest BCUT2D eigenvalue weighted by molar-refractivity contribution is 5.78. The highest BCUT2D eigenvalue weighted by Crippen LogP contribution is 2.44. The molecule has 104 valence electrons. The zero-order valence-electron chi connectivity index (χ0n) is 10.5. The SMILES string of the molecule is CN(CC(F)F)C(=O)CC1(CC(=O)O)CCCC1. The molecule has 1 saturated carbocycles. The number of carboxylic acid groups (broad SMARTS) is 1. The highest BCUT2D eigenvalue weighted by atomic mass is 19.3. The van der Waals surface area contributed by atoms with Crippen molar-refractivity contribution < 1.29 is 23.5 Å². The number of alkyl halides is 2. The average molecular weight is 263 g/mol. The van der Waals surface area contributed by atoms with Crippen LogP contribution in [0.3, 0.4) is 0 Å². The number of rotatable bonds is 6. The first-order valence-electron chi connectivity index (χ1n) is 6.08. The quantitative estimate of drug-likeness (QED) is 0.798. The van der Waals surface area contributed by atoms with Gasteiger partial charge in [0.25, 0.3) is 6.43 Å². The monoisotopic (exact) mass is 263 g/mol. The van der Waals surface area contributed by atoms with E-state index in [2.05, 4.69) is 0 Å². The fourth-order valence-electron chi connectivity index (χ4n) is 2.63. The lowest BCUT2D eigenvalue weighted by atomic mass is 9.79. The number of aliphatic carboxylic acids is 1. The maximum Gasteiger partial charge on any atom is 0.303 e. The van der Waals surface area contributed by atoms with Crippen molar-refractivity contribution in [3.05, 3.63) is 0 Å². The van der Waals surface area contributed by atoms with E-state index in [9.17, 15) is 18.4 Å². The summed E-state index contributed by atoms with van der Waals surface area (Å²) in [6, 6.07) is 0. The second-order valence-corrected chi connectivity index (χ2v) is 5.12. The van der Waals surface area contributed by atoms with E-state index >= 15 is 0 Å². The highest BCUT2D eigenvalue weighted by Gasteiger charge is 2.38. The van der Waals surface area contributed by atoms with Gasteiger partial charge in [-0.3, -0.25) is 9.59 Å². The molecule has 0 radical (unpaired) electrons. The van der Waals surface area contributed by atoms with E-state index in [1.807, 2.05) is 0 Å². The summed E-state index contributed by atoms with van der Waals surface area (Å²) in [7, 11) is 1.33. The molecule has 18 heavy (non-hydrogen) atoms. The van der Waals surface area contributed by atoms with E-state index in [-0.39, 0.29) is 12.8 Å². The predicted molar refractivity (Wildman–Crippen MR) is 61.4 cm³/mol. The van der Waals surface area contributed by atoms with Crippen LogP contribution in [0.2, 0.25) is 0 Å². The van der Waals surface area contributed by atoms with Gasteiger partial charge < -0.3 is 10.0 Å². The van der Waals surface area contributed by atoms with Crippen LogP contribution in [0.25, 0.3) is 0 Å². The maximum atomic E-state index is 12.2. The zero-order valence-corrected chi connectivity index (χ0v) is 10.5. The van der Waals surface area contributed by atoms with Gasteiger partial charge in [-0.05, 0) is 18.3 Å². The fraction of sp³-hybridized carbons (Fsp3) is 0.833. The summed E-state index contributed by atoms with van der Waals surface area (Å²) in [5, 5.41) is 8.89. The van der Waals surface area contributed by atoms with Crippen molar-refractivity contribution in [2.24, 2.45) is 5.41 Å². The molecule has 0 spiro atoms. The van der Waals surface area contributed by atoms with Crippen LogP contribution in [-0.2, 0) is 9.59 Å². The second kappa shape index (κ2) is 6.11. The number of hydrogen-bond acceptors (Lipinski definition) is 2. The molecule has 4 nitrogen and oxygen atoms in total. The molecule has 1 amide bonds. The number of nitrogens with zero attached hydrogens (tertiary/aromatic N) is 1. The van der Waals surface area contributed by atoms with Gasteiger partial charge in [0.05, 0.1) is 13.0 Å². The molecule has 1 rings (SSSR count). The Bertz CT molecular complexity index is 314. The summed E-state index contributed by atoms with van der Waals surface area (Å²) in [6.45, 7) is -0.595. The van der Waals surface area contributed by atoms with Crippen molar-refractivity contribution in [3.63, 3.8) is 0 Å².